The minimum atomic E-state index is -0.0739. The summed E-state index contributed by atoms with van der Waals surface area (Å²) in [6.07, 6.45) is 0. The maximum atomic E-state index is 8.56. The predicted molar refractivity (Wildman–Crippen MR) is 60.8 cm³/mol. The van der Waals surface area contributed by atoms with Crippen LogP contribution in [0.3, 0.4) is 0 Å². The summed E-state index contributed by atoms with van der Waals surface area (Å²) in [7, 11) is 1.94. The number of amidine groups is 1. The van der Waals surface area contributed by atoms with Crippen molar-refractivity contribution in [2.45, 2.75) is 19.5 Å². The summed E-state index contributed by atoms with van der Waals surface area (Å²) in [5.41, 5.74) is 6.74. The molecule has 1 aromatic carbocycles. The van der Waals surface area contributed by atoms with Crippen LogP contribution in [0.1, 0.15) is 12.5 Å². The fraction of sp³-hybridized carbons (Fsp3) is 0.364. The van der Waals surface area contributed by atoms with Gasteiger partial charge in [0.15, 0.2) is 5.84 Å². The monoisotopic (exact) mass is 207 g/mol. The number of nitrogens with zero attached hydrogens (tertiary/aromatic N) is 2. The smallest absolute Gasteiger partial charge is 0.156 e. The van der Waals surface area contributed by atoms with Crippen molar-refractivity contribution in [1.82, 2.24) is 4.90 Å². The lowest BCUT2D eigenvalue weighted by Crippen LogP contribution is -2.39. The number of nitrogens with two attached hydrogens (primary N) is 1. The summed E-state index contributed by atoms with van der Waals surface area (Å²) in [4.78, 5) is 2.02. The van der Waals surface area contributed by atoms with Crippen molar-refractivity contribution in [3.8, 4) is 0 Å². The van der Waals surface area contributed by atoms with E-state index in [-0.39, 0.29) is 11.9 Å². The first-order valence-electron chi connectivity index (χ1n) is 4.86. The second-order valence-electron chi connectivity index (χ2n) is 3.60. The van der Waals surface area contributed by atoms with E-state index in [9.17, 15) is 0 Å². The van der Waals surface area contributed by atoms with E-state index in [0.29, 0.717) is 0 Å². The van der Waals surface area contributed by atoms with Crippen molar-refractivity contribution in [1.29, 1.82) is 0 Å². The van der Waals surface area contributed by atoms with Crippen LogP contribution in [0.25, 0.3) is 0 Å². The zero-order valence-corrected chi connectivity index (χ0v) is 9.09. The highest BCUT2D eigenvalue weighted by molar-refractivity contribution is 5.84. The number of benzene rings is 1. The topological polar surface area (TPSA) is 61.9 Å². The highest BCUT2D eigenvalue weighted by atomic mass is 16.4. The molecule has 1 unspecified atom stereocenters. The Morgan fingerprint density at radius 1 is 1.47 bits per heavy atom. The van der Waals surface area contributed by atoms with Gasteiger partial charge in [-0.3, -0.25) is 4.90 Å². The van der Waals surface area contributed by atoms with E-state index in [2.05, 4.69) is 17.3 Å². The van der Waals surface area contributed by atoms with Gasteiger partial charge in [-0.05, 0) is 19.5 Å². The van der Waals surface area contributed by atoms with Crippen LogP contribution in [-0.2, 0) is 6.54 Å². The van der Waals surface area contributed by atoms with Crippen molar-refractivity contribution < 1.29 is 5.21 Å². The highest BCUT2D eigenvalue weighted by Gasteiger charge is 2.13. The molecule has 15 heavy (non-hydrogen) atoms. The molecule has 4 nitrogen and oxygen atoms in total. The molecular formula is C11H17N3O. The van der Waals surface area contributed by atoms with Gasteiger partial charge >= 0.3 is 0 Å². The summed E-state index contributed by atoms with van der Waals surface area (Å²) in [6, 6.07) is 10.0. The van der Waals surface area contributed by atoms with E-state index in [1.807, 2.05) is 37.1 Å². The van der Waals surface area contributed by atoms with Gasteiger partial charge < -0.3 is 10.9 Å². The average Bonchev–Trinajstić information content (AvgIpc) is 2.28. The molecule has 0 radical (unpaired) electrons. The third-order valence-corrected chi connectivity index (χ3v) is 2.48. The molecule has 0 heterocycles. The quantitative estimate of drug-likeness (QED) is 0.338. The van der Waals surface area contributed by atoms with Gasteiger partial charge in [-0.1, -0.05) is 35.5 Å². The van der Waals surface area contributed by atoms with E-state index in [1.54, 1.807) is 0 Å². The van der Waals surface area contributed by atoms with Gasteiger partial charge in [0.2, 0.25) is 0 Å². The van der Waals surface area contributed by atoms with Gasteiger partial charge in [-0.15, -0.1) is 0 Å². The molecule has 0 aliphatic carbocycles. The molecule has 0 spiro atoms. The van der Waals surface area contributed by atoms with Crippen LogP contribution in [0.4, 0.5) is 0 Å². The van der Waals surface area contributed by atoms with Crippen LogP contribution in [0.2, 0.25) is 0 Å². The number of likely N-dealkylation sites (N-methyl/N-ethyl adjacent to an activating group) is 1. The van der Waals surface area contributed by atoms with Crippen LogP contribution < -0.4 is 5.73 Å². The summed E-state index contributed by atoms with van der Waals surface area (Å²) >= 11 is 0. The predicted octanol–water partition coefficient (Wildman–Crippen LogP) is 1.25. The van der Waals surface area contributed by atoms with E-state index in [4.69, 9.17) is 10.9 Å². The van der Waals surface area contributed by atoms with Gasteiger partial charge in [0, 0.05) is 6.54 Å². The molecule has 0 saturated heterocycles. The molecule has 0 bridgehead atoms. The number of hydrogen-bond acceptors (Lipinski definition) is 3. The molecule has 1 rings (SSSR count). The largest absolute Gasteiger partial charge is 0.409 e. The van der Waals surface area contributed by atoms with Crippen LogP contribution in [0, 0.1) is 0 Å². The summed E-state index contributed by atoms with van der Waals surface area (Å²) in [6.45, 7) is 2.68. The molecular weight excluding hydrogens is 190 g/mol. The Labute approximate surface area is 90.0 Å². The minimum Gasteiger partial charge on any atom is -0.409 e. The first-order chi connectivity index (χ1) is 7.15. The van der Waals surface area contributed by atoms with E-state index < -0.39 is 0 Å². The van der Waals surface area contributed by atoms with Crippen LogP contribution in [-0.4, -0.2) is 29.0 Å². The van der Waals surface area contributed by atoms with Crippen molar-refractivity contribution in [2.24, 2.45) is 10.9 Å². The fourth-order valence-electron chi connectivity index (χ4n) is 1.32. The molecule has 0 fully saturated rings. The lowest BCUT2D eigenvalue weighted by Gasteiger charge is -2.23. The molecule has 0 saturated carbocycles. The standard InChI is InChI=1S/C11H17N3O/c1-9(11(12)13-15)14(2)8-10-6-4-3-5-7-10/h3-7,9,15H,8H2,1-2H3,(H2,12,13). The summed E-state index contributed by atoms with van der Waals surface area (Å²) < 4.78 is 0. The molecule has 1 atom stereocenters. The van der Waals surface area contributed by atoms with Crippen molar-refractivity contribution >= 4 is 5.84 Å². The molecule has 82 valence electrons. The summed E-state index contributed by atoms with van der Waals surface area (Å²) in [5, 5.41) is 11.6. The maximum Gasteiger partial charge on any atom is 0.156 e. The first kappa shape index (κ1) is 11.5. The number of oxime groups is 1. The van der Waals surface area contributed by atoms with Crippen LogP contribution >= 0.6 is 0 Å². The van der Waals surface area contributed by atoms with Gasteiger partial charge in [0.05, 0.1) is 6.04 Å². The molecule has 0 aromatic heterocycles. The van der Waals surface area contributed by atoms with E-state index in [1.165, 1.54) is 5.56 Å². The average molecular weight is 207 g/mol. The Hall–Kier alpha value is -1.55. The second kappa shape index (κ2) is 5.36. The SMILES string of the molecule is CC(/C(N)=N/O)N(C)Cc1ccccc1. The molecule has 0 aliphatic heterocycles. The third kappa shape index (κ3) is 3.25. The van der Waals surface area contributed by atoms with Crippen molar-refractivity contribution in [2.75, 3.05) is 7.05 Å². The van der Waals surface area contributed by atoms with Gasteiger partial charge in [0.1, 0.15) is 0 Å². The summed E-state index contributed by atoms with van der Waals surface area (Å²) in [5.74, 6) is 0.230. The number of rotatable bonds is 4. The first-order valence-corrected chi connectivity index (χ1v) is 4.86. The Balaban J connectivity index is 2.60. The normalized spacial score (nSPS) is 14.2. The van der Waals surface area contributed by atoms with Crippen molar-refractivity contribution in [3.63, 3.8) is 0 Å². The maximum absolute atomic E-state index is 8.56. The highest BCUT2D eigenvalue weighted by Crippen LogP contribution is 2.05. The van der Waals surface area contributed by atoms with E-state index >= 15 is 0 Å². The Kier molecular flexibility index (Phi) is 4.12. The second-order valence-corrected chi connectivity index (χ2v) is 3.60. The van der Waals surface area contributed by atoms with Crippen molar-refractivity contribution in [3.05, 3.63) is 35.9 Å². The Morgan fingerprint density at radius 3 is 2.60 bits per heavy atom. The molecule has 4 heteroatoms. The van der Waals surface area contributed by atoms with Gasteiger partial charge in [0.25, 0.3) is 0 Å². The zero-order valence-electron chi connectivity index (χ0n) is 9.09. The lowest BCUT2D eigenvalue weighted by molar-refractivity contribution is 0.279. The van der Waals surface area contributed by atoms with E-state index in [0.717, 1.165) is 6.54 Å². The number of hydrogen-bond donors (Lipinski definition) is 2. The Morgan fingerprint density at radius 2 is 2.07 bits per heavy atom. The molecule has 1 aromatic rings. The minimum absolute atomic E-state index is 0.0739. The Bertz CT molecular complexity index is 324. The van der Waals surface area contributed by atoms with Crippen LogP contribution in [0.15, 0.2) is 35.5 Å². The fourth-order valence-corrected chi connectivity index (χ4v) is 1.32. The zero-order chi connectivity index (χ0) is 11.3. The third-order valence-electron chi connectivity index (χ3n) is 2.48. The van der Waals surface area contributed by atoms with Gasteiger partial charge in [-0.2, -0.15) is 0 Å². The van der Waals surface area contributed by atoms with Crippen LogP contribution in [0.5, 0.6) is 0 Å². The molecule has 0 amide bonds. The molecule has 0 aliphatic rings. The van der Waals surface area contributed by atoms with Gasteiger partial charge in [-0.25, -0.2) is 0 Å². The molecule has 3 N–H and O–H groups in total. The lowest BCUT2D eigenvalue weighted by atomic mass is 10.2.